The largest absolute Gasteiger partial charge is 0.251 e. The van der Waals surface area contributed by atoms with Crippen molar-refractivity contribution in [2.75, 3.05) is 6.54 Å². The van der Waals surface area contributed by atoms with E-state index in [1.54, 1.807) is 6.92 Å². The van der Waals surface area contributed by atoms with Gasteiger partial charge in [-0.05, 0) is 19.3 Å². The first-order chi connectivity index (χ1) is 8.90. The molecule has 1 unspecified atom stereocenters. The molecule has 0 aromatic carbocycles. The summed E-state index contributed by atoms with van der Waals surface area (Å²) in [5.74, 6) is 0.387. The highest BCUT2D eigenvalue weighted by atomic mass is 35.5. The molecule has 0 spiro atoms. The molecule has 0 fully saturated rings. The van der Waals surface area contributed by atoms with Gasteiger partial charge in [-0.1, -0.05) is 56.0 Å². The lowest BCUT2D eigenvalue weighted by atomic mass is 10.00. The number of thiazole rings is 1. The predicted molar refractivity (Wildman–Crippen MR) is 80.4 cm³/mol. The Kier molecular flexibility index (Phi) is 6.73. The number of unbranched alkanes of at least 4 members (excludes halogenated alkanes) is 1. The molecule has 4 nitrogen and oxygen atoms in total. The highest BCUT2D eigenvalue weighted by Gasteiger charge is 2.22. The van der Waals surface area contributed by atoms with Crippen LogP contribution in [0.2, 0.25) is 4.47 Å². The molecule has 7 heteroatoms. The Morgan fingerprint density at radius 2 is 2.11 bits per heavy atom. The minimum absolute atomic E-state index is 0.225. The van der Waals surface area contributed by atoms with Crippen LogP contribution < -0.4 is 4.72 Å². The molecule has 0 saturated carbocycles. The average Bonchev–Trinajstić information content (AvgIpc) is 2.69. The molecular formula is C12H21ClN2O2S2. The van der Waals surface area contributed by atoms with Crippen LogP contribution >= 0.6 is 22.9 Å². The molecule has 0 radical (unpaired) electrons. The molecule has 1 atom stereocenters. The number of rotatable bonds is 8. The third-order valence-electron chi connectivity index (χ3n) is 3.08. The first-order valence-electron chi connectivity index (χ1n) is 6.53. The van der Waals surface area contributed by atoms with Gasteiger partial charge in [-0.25, -0.2) is 18.1 Å². The van der Waals surface area contributed by atoms with Gasteiger partial charge in [0.1, 0.15) is 0 Å². The molecule has 110 valence electrons. The van der Waals surface area contributed by atoms with E-state index in [0.29, 0.717) is 18.2 Å². The second-order valence-electron chi connectivity index (χ2n) is 4.61. The Labute approximate surface area is 124 Å². The zero-order valence-electron chi connectivity index (χ0n) is 11.6. The van der Waals surface area contributed by atoms with Crippen molar-refractivity contribution in [3.05, 3.63) is 10.2 Å². The summed E-state index contributed by atoms with van der Waals surface area (Å²) in [6.07, 6.45) is 4.29. The van der Waals surface area contributed by atoms with Crippen LogP contribution in [-0.2, 0) is 10.0 Å². The fourth-order valence-corrected chi connectivity index (χ4v) is 4.73. The molecule has 0 amide bonds. The van der Waals surface area contributed by atoms with E-state index in [4.69, 9.17) is 11.6 Å². The summed E-state index contributed by atoms with van der Waals surface area (Å²) in [5, 5.41) is 0. The Morgan fingerprint density at radius 1 is 1.42 bits per heavy atom. The van der Waals surface area contributed by atoms with Crippen LogP contribution in [0, 0.1) is 12.8 Å². The van der Waals surface area contributed by atoms with E-state index in [2.05, 4.69) is 23.6 Å². The number of sulfonamides is 1. The number of aromatic nitrogens is 1. The summed E-state index contributed by atoms with van der Waals surface area (Å²) < 4.78 is 27.5. The lowest BCUT2D eigenvalue weighted by Crippen LogP contribution is -2.29. The second-order valence-corrected chi connectivity index (χ2v) is 8.15. The van der Waals surface area contributed by atoms with Gasteiger partial charge in [-0.15, -0.1) is 0 Å². The fraction of sp³-hybridized carbons (Fsp3) is 0.750. The van der Waals surface area contributed by atoms with Gasteiger partial charge in [0, 0.05) is 6.54 Å². The van der Waals surface area contributed by atoms with Gasteiger partial charge in [0.2, 0.25) is 0 Å². The number of aryl methyl sites for hydroxylation is 1. The molecule has 0 bridgehead atoms. The summed E-state index contributed by atoms with van der Waals surface area (Å²) >= 11 is 6.75. The highest BCUT2D eigenvalue weighted by molar-refractivity contribution is 7.91. The topological polar surface area (TPSA) is 59.1 Å². The highest BCUT2D eigenvalue weighted by Crippen LogP contribution is 2.26. The molecule has 19 heavy (non-hydrogen) atoms. The number of nitrogens with zero attached hydrogens (tertiary/aromatic N) is 1. The Morgan fingerprint density at radius 3 is 2.58 bits per heavy atom. The molecule has 0 aliphatic heterocycles. The van der Waals surface area contributed by atoms with E-state index in [9.17, 15) is 8.42 Å². The fourth-order valence-electron chi connectivity index (χ4n) is 1.84. The van der Waals surface area contributed by atoms with E-state index in [0.717, 1.165) is 37.0 Å². The minimum Gasteiger partial charge on any atom is -0.229 e. The quantitative estimate of drug-likeness (QED) is 0.794. The molecule has 1 rings (SSSR count). The molecule has 0 aliphatic rings. The van der Waals surface area contributed by atoms with E-state index in [1.165, 1.54) is 0 Å². The van der Waals surface area contributed by atoms with Crippen molar-refractivity contribution in [2.45, 2.75) is 50.7 Å². The van der Waals surface area contributed by atoms with Crippen molar-refractivity contribution in [1.82, 2.24) is 9.71 Å². The van der Waals surface area contributed by atoms with Crippen molar-refractivity contribution < 1.29 is 8.42 Å². The summed E-state index contributed by atoms with van der Waals surface area (Å²) in [7, 11) is -3.48. The van der Waals surface area contributed by atoms with Crippen LogP contribution in [0.25, 0.3) is 0 Å². The van der Waals surface area contributed by atoms with E-state index >= 15 is 0 Å². The second kappa shape index (κ2) is 7.57. The van der Waals surface area contributed by atoms with Gasteiger partial charge in [-0.2, -0.15) is 0 Å². The van der Waals surface area contributed by atoms with Crippen molar-refractivity contribution in [3.8, 4) is 0 Å². The van der Waals surface area contributed by atoms with Gasteiger partial charge >= 0.3 is 0 Å². The van der Waals surface area contributed by atoms with E-state index in [1.807, 2.05) is 0 Å². The minimum atomic E-state index is -3.48. The Hall–Kier alpha value is -0.170. The summed E-state index contributed by atoms with van der Waals surface area (Å²) in [4.78, 5) is 3.94. The SMILES string of the molecule is CCCCC(CC)CNS(=O)(=O)c1sc(Cl)nc1C. The number of hydrogen-bond acceptors (Lipinski definition) is 4. The predicted octanol–water partition coefficient (Wildman–Crippen LogP) is 3.60. The Balaban J connectivity index is 2.67. The molecule has 1 heterocycles. The van der Waals surface area contributed by atoms with Crippen LogP contribution in [-0.4, -0.2) is 19.9 Å². The zero-order chi connectivity index (χ0) is 14.5. The number of hydrogen-bond donors (Lipinski definition) is 1. The molecule has 1 aromatic heterocycles. The van der Waals surface area contributed by atoms with Crippen LogP contribution in [0.1, 0.15) is 45.2 Å². The third kappa shape index (κ3) is 5.02. The summed E-state index contributed by atoms with van der Waals surface area (Å²) in [6.45, 7) is 6.36. The Bertz CT molecular complexity index is 500. The average molecular weight is 325 g/mol. The zero-order valence-corrected chi connectivity index (χ0v) is 14.0. The van der Waals surface area contributed by atoms with Crippen molar-refractivity contribution >= 4 is 33.0 Å². The number of nitrogens with one attached hydrogen (secondary N) is 1. The first-order valence-corrected chi connectivity index (χ1v) is 9.21. The smallest absolute Gasteiger partial charge is 0.229 e. The van der Waals surface area contributed by atoms with Crippen molar-refractivity contribution in [3.63, 3.8) is 0 Å². The number of halogens is 1. The standard InChI is InChI=1S/C12H21ClN2O2S2/c1-4-6-7-10(5-2)8-14-19(16,17)11-9(3)15-12(13)18-11/h10,14H,4-8H2,1-3H3. The maximum atomic E-state index is 12.2. The van der Waals surface area contributed by atoms with Crippen LogP contribution in [0.15, 0.2) is 4.21 Å². The monoisotopic (exact) mass is 324 g/mol. The molecular weight excluding hydrogens is 304 g/mol. The van der Waals surface area contributed by atoms with Crippen LogP contribution in [0.5, 0.6) is 0 Å². The first kappa shape index (κ1) is 16.9. The van der Waals surface area contributed by atoms with Crippen LogP contribution in [0.4, 0.5) is 0 Å². The summed E-state index contributed by atoms with van der Waals surface area (Å²) in [6, 6.07) is 0. The van der Waals surface area contributed by atoms with Gasteiger partial charge in [0.15, 0.2) is 8.68 Å². The van der Waals surface area contributed by atoms with Gasteiger partial charge in [0.05, 0.1) is 5.69 Å². The van der Waals surface area contributed by atoms with Gasteiger partial charge in [-0.3, -0.25) is 0 Å². The molecule has 0 saturated heterocycles. The molecule has 1 N–H and O–H groups in total. The lowest BCUT2D eigenvalue weighted by Gasteiger charge is -2.15. The lowest BCUT2D eigenvalue weighted by molar-refractivity contribution is 0.444. The van der Waals surface area contributed by atoms with Crippen LogP contribution in [0.3, 0.4) is 0 Å². The van der Waals surface area contributed by atoms with E-state index in [-0.39, 0.29) is 8.68 Å². The maximum absolute atomic E-state index is 12.2. The van der Waals surface area contributed by atoms with E-state index < -0.39 is 10.0 Å². The molecule has 1 aromatic rings. The van der Waals surface area contributed by atoms with Crippen molar-refractivity contribution in [2.24, 2.45) is 5.92 Å². The normalized spacial score (nSPS) is 13.7. The summed E-state index contributed by atoms with van der Waals surface area (Å²) in [5.41, 5.74) is 0.462. The van der Waals surface area contributed by atoms with Crippen molar-refractivity contribution in [1.29, 1.82) is 0 Å². The third-order valence-corrected chi connectivity index (χ3v) is 6.37. The maximum Gasteiger partial charge on any atom is 0.251 e. The van der Waals surface area contributed by atoms with Gasteiger partial charge < -0.3 is 0 Å². The molecule has 0 aliphatic carbocycles. The van der Waals surface area contributed by atoms with Gasteiger partial charge in [0.25, 0.3) is 10.0 Å².